The molecule has 0 spiro atoms. The van der Waals surface area contributed by atoms with E-state index in [-0.39, 0.29) is 46.9 Å². The van der Waals surface area contributed by atoms with Gasteiger partial charge < -0.3 is 9.80 Å². The number of nitrogens with zero attached hydrogens (tertiary/aromatic N) is 3. The normalized spacial score (nSPS) is 11.4. The molecule has 1 rings (SSSR count). The lowest BCUT2D eigenvalue weighted by atomic mass is 10.0. The van der Waals surface area contributed by atoms with Gasteiger partial charge in [0.15, 0.2) is 0 Å². The monoisotopic (exact) mass is 377 g/mol. The largest absolute Gasteiger partial charge is 0.334 e. The number of hydrogen-bond acceptors (Lipinski definition) is 4. The number of benzene rings is 1. The molecule has 2 amide bonds. The van der Waals surface area contributed by atoms with Gasteiger partial charge >= 0.3 is 0 Å². The number of hydrogen-bond donors (Lipinski definition) is 0. The third kappa shape index (κ3) is 5.05. The summed E-state index contributed by atoms with van der Waals surface area (Å²) >= 11 is 0. The van der Waals surface area contributed by atoms with Gasteiger partial charge in [-0.25, -0.2) is 0 Å². The first-order chi connectivity index (χ1) is 12.4. The van der Waals surface area contributed by atoms with E-state index in [1.807, 2.05) is 55.4 Å². The maximum Gasteiger partial charge on any atom is 0.282 e. The maximum absolute atomic E-state index is 12.9. The molecule has 7 heteroatoms. The molecule has 0 aromatic heterocycles. The molecule has 0 aliphatic heterocycles. The molecule has 0 fully saturated rings. The second-order valence-electron chi connectivity index (χ2n) is 7.79. The van der Waals surface area contributed by atoms with Gasteiger partial charge in [-0.3, -0.25) is 19.7 Å². The second kappa shape index (κ2) is 8.97. The minimum atomic E-state index is -0.599. The zero-order valence-electron chi connectivity index (χ0n) is 17.5. The highest BCUT2D eigenvalue weighted by Crippen LogP contribution is 2.25. The van der Waals surface area contributed by atoms with Crippen molar-refractivity contribution in [2.24, 2.45) is 0 Å². The number of nitro benzene ring substituents is 1. The first-order valence-corrected chi connectivity index (χ1v) is 9.33. The molecule has 27 heavy (non-hydrogen) atoms. The van der Waals surface area contributed by atoms with E-state index >= 15 is 0 Å². The number of amides is 2. The van der Waals surface area contributed by atoms with Crippen molar-refractivity contribution in [2.45, 2.75) is 79.6 Å². The van der Waals surface area contributed by atoms with Gasteiger partial charge in [0, 0.05) is 35.8 Å². The average Bonchev–Trinajstić information content (AvgIpc) is 2.52. The molecular formula is C20H31N3O4. The van der Waals surface area contributed by atoms with Crippen LogP contribution in [0.15, 0.2) is 18.2 Å². The lowest BCUT2D eigenvalue weighted by Gasteiger charge is -2.31. The van der Waals surface area contributed by atoms with Crippen molar-refractivity contribution in [2.75, 3.05) is 0 Å². The fourth-order valence-corrected chi connectivity index (χ4v) is 3.42. The molecule has 0 N–H and O–H groups in total. The smallest absolute Gasteiger partial charge is 0.282 e. The van der Waals surface area contributed by atoms with Crippen LogP contribution in [0.2, 0.25) is 0 Å². The Morgan fingerprint density at radius 3 is 1.59 bits per heavy atom. The maximum atomic E-state index is 12.9. The Balaban J connectivity index is 3.43. The van der Waals surface area contributed by atoms with E-state index in [0.717, 1.165) is 0 Å². The molecule has 0 saturated carbocycles. The van der Waals surface area contributed by atoms with E-state index in [0.29, 0.717) is 0 Å². The van der Waals surface area contributed by atoms with Crippen LogP contribution in [0.25, 0.3) is 0 Å². The number of carbonyl (C=O) groups excluding carboxylic acids is 2. The Labute approximate surface area is 161 Å². The second-order valence-corrected chi connectivity index (χ2v) is 7.79. The van der Waals surface area contributed by atoms with Crippen molar-refractivity contribution in [1.82, 2.24) is 9.80 Å². The Morgan fingerprint density at radius 1 is 0.815 bits per heavy atom. The van der Waals surface area contributed by atoms with Crippen LogP contribution in [0.1, 0.15) is 76.1 Å². The van der Waals surface area contributed by atoms with Crippen molar-refractivity contribution < 1.29 is 14.5 Å². The predicted molar refractivity (Wildman–Crippen MR) is 106 cm³/mol. The van der Waals surface area contributed by atoms with Crippen molar-refractivity contribution >= 4 is 17.5 Å². The van der Waals surface area contributed by atoms with Gasteiger partial charge in [-0.1, -0.05) is 0 Å². The summed E-state index contributed by atoms with van der Waals surface area (Å²) in [4.78, 5) is 40.0. The van der Waals surface area contributed by atoms with E-state index < -0.39 is 10.8 Å². The van der Waals surface area contributed by atoms with E-state index in [4.69, 9.17) is 0 Å². The van der Waals surface area contributed by atoms with E-state index in [2.05, 4.69) is 0 Å². The zero-order chi connectivity index (χ0) is 21.0. The van der Waals surface area contributed by atoms with Gasteiger partial charge in [0.1, 0.15) is 5.56 Å². The summed E-state index contributed by atoms with van der Waals surface area (Å²) in [7, 11) is 0. The minimum absolute atomic E-state index is 0.000376. The molecule has 0 radical (unpaired) electrons. The summed E-state index contributed by atoms with van der Waals surface area (Å²) in [6.07, 6.45) is 0. The van der Waals surface area contributed by atoms with Crippen LogP contribution >= 0.6 is 0 Å². The molecule has 0 heterocycles. The van der Waals surface area contributed by atoms with Crippen molar-refractivity contribution in [3.05, 3.63) is 39.4 Å². The van der Waals surface area contributed by atoms with E-state index in [9.17, 15) is 19.7 Å². The SMILES string of the molecule is CC(C)N(C(=O)c1ccc(C(=O)N(C(C)C)C(C)C)c([N+](=O)[O-])c1)C(C)C. The molecule has 0 atom stereocenters. The van der Waals surface area contributed by atoms with Crippen LogP contribution in [0.3, 0.4) is 0 Å². The summed E-state index contributed by atoms with van der Waals surface area (Å²) in [6, 6.07) is 3.81. The van der Waals surface area contributed by atoms with Crippen LogP contribution in [0, 0.1) is 10.1 Å². The summed E-state index contributed by atoms with van der Waals surface area (Å²) < 4.78 is 0. The first kappa shape index (κ1) is 22.6. The molecular weight excluding hydrogens is 346 g/mol. The summed E-state index contributed by atoms with van der Waals surface area (Å²) in [5.74, 6) is -0.693. The third-order valence-corrected chi connectivity index (χ3v) is 4.37. The van der Waals surface area contributed by atoms with Crippen molar-refractivity contribution in [3.63, 3.8) is 0 Å². The van der Waals surface area contributed by atoms with Gasteiger partial charge in [-0.15, -0.1) is 0 Å². The van der Waals surface area contributed by atoms with Crippen LogP contribution in [0.5, 0.6) is 0 Å². The van der Waals surface area contributed by atoms with Crippen LogP contribution < -0.4 is 0 Å². The van der Waals surface area contributed by atoms with Gasteiger partial charge in [-0.05, 0) is 67.5 Å². The highest BCUT2D eigenvalue weighted by Gasteiger charge is 2.30. The molecule has 150 valence electrons. The fourth-order valence-electron chi connectivity index (χ4n) is 3.42. The standard InChI is InChI=1S/C20H31N3O4/c1-12(2)21(13(3)4)19(24)16-9-10-17(18(11-16)23(26)27)20(25)22(14(5)6)15(7)8/h9-15H,1-8H3. The molecule has 0 aliphatic rings. The van der Waals surface area contributed by atoms with E-state index in [1.165, 1.54) is 18.2 Å². The Morgan fingerprint density at radius 2 is 1.22 bits per heavy atom. The Kier molecular flexibility index (Phi) is 7.51. The summed E-state index contributed by atoms with van der Waals surface area (Å²) in [5, 5.41) is 11.6. The molecule has 1 aromatic rings. The minimum Gasteiger partial charge on any atom is -0.334 e. The number of nitro groups is 1. The Bertz CT molecular complexity index is 695. The Hall–Kier alpha value is -2.44. The number of rotatable bonds is 7. The molecule has 0 unspecified atom stereocenters. The zero-order valence-corrected chi connectivity index (χ0v) is 17.5. The summed E-state index contributed by atoms with van der Waals surface area (Å²) in [6.45, 7) is 15.0. The summed E-state index contributed by atoms with van der Waals surface area (Å²) in [5.41, 5.74) is -0.134. The van der Waals surface area contributed by atoms with Gasteiger partial charge in [0.2, 0.25) is 0 Å². The molecule has 7 nitrogen and oxygen atoms in total. The molecule has 1 aromatic carbocycles. The molecule has 0 bridgehead atoms. The average molecular weight is 377 g/mol. The highest BCUT2D eigenvalue weighted by atomic mass is 16.6. The van der Waals surface area contributed by atoms with E-state index in [1.54, 1.807) is 9.80 Å². The fraction of sp³-hybridized carbons (Fsp3) is 0.600. The van der Waals surface area contributed by atoms with Crippen LogP contribution in [-0.2, 0) is 0 Å². The van der Waals surface area contributed by atoms with Crippen LogP contribution in [-0.4, -0.2) is 50.7 Å². The third-order valence-electron chi connectivity index (χ3n) is 4.37. The van der Waals surface area contributed by atoms with Gasteiger partial charge in [-0.2, -0.15) is 0 Å². The predicted octanol–water partition coefficient (Wildman–Crippen LogP) is 4.11. The van der Waals surface area contributed by atoms with Gasteiger partial charge in [0.05, 0.1) is 4.92 Å². The first-order valence-electron chi connectivity index (χ1n) is 9.33. The quantitative estimate of drug-likeness (QED) is 0.529. The number of carbonyl (C=O) groups is 2. The van der Waals surface area contributed by atoms with Crippen LogP contribution in [0.4, 0.5) is 5.69 Å². The molecule has 0 saturated heterocycles. The topological polar surface area (TPSA) is 83.8 Å². The van der Waals surface area contributed by atoms with Gasteiger partial charge in [0.25, 0.3) is 17.5 Å². The highest BCUT2D eigenvalue weighted by molar-refractivity contribution is 6.01. The lowest BCUT2D eigenvalue weighted by molar-refractivity contribution is -0.385. The van der Waals surface area contributed by atoms with Crippen molar-refractivity contribution in [1.29, 1.82) is 0 Å². The van der Waals surface area contributed by atoms with Crippen molar-refractivity contribution in [3.8, 4) is 0 Å². The molecule has 0 aliphatic carbocycles. The lowest BCUT2D eigenvalue weighted by Crippen LogP contribution is -2.43.